The third kappa shape index (κ3) is 2.76. The molecule has 20 heavy (non-hydrogen) atoms. The van der Waals surface area contributed by atoms with E-state index in [0.717, 1.165) is 6.54 Å². The van der Waals surface area contributed by atoms with Gasteiger partial charge in [0.1, 0.15) is 0 Å². The Labute approximate surface area is 123 Å². The molecule has 0 aliphatic heterocycles. The molecule has 0 fully saturated rings. The van der Waals surface area contributed by atoms with Gasteiger partial charge >= 0.3 is 0 Å². The van der Waals surface area contributed by atoms with Gasteiger partial charge in [-0.3, -0.25) is 0 Å². The Morgan fingerprint density at radius 2 is 2.25 bits per heavy atom. The summed E-state index contributed by atoms with van der Waals surface area (Å²) >= 11 is 1.83. The van der Waals surface area contributed by atoms with Crippen LogP contribution in [0, 0.1) is 0 Å². The van der Waals surface area contributed by atoms with E-state index < -0.39 is 0 Å². The van der Waals surface area contributed by atoms with E-state index in [9.17, 15) is 0 Å². The maximum Gasteiger partial charge on any atom is 0.0706 e. The summed E-state index contributed by atoms with van der Waals surface area (Å²) in [7, 11) is 0. The molecule has 104 valence electrons. The van der Waals surface area contributed by atoms with Crippen molar-refractivity contribution in [2.45, 2.75) is 32.4 Å². The van der Waals surface area contributed by atoms with Gasteiger partial charge in [-0.05, 0) is 30.0 Å². The minimum atomic E-state index is 0.443. The van der Waals surface area contributed by atoms with Crippen molar-refractivity contribution in [3.63, 3.8) is 0 Å². The molecule has 0 aromatic carbocycles. The zero-order valence-electron chi connectivity index (χ0n) is 11.6. The second kappa shape index (κ2) is 6.20. The van der Waals surface area contributed by atoms with E-state index in [2.05, 4.69) is 47.0 Å². The maximum atomic E-state index is 4.38. The van der Waals surface area contributed by atoms with Gasteiger partial charge in [-0.2, -0.15) is 5.10 Å². The highest BCUT2D eigenvalue weighted by Gasteiger charge is 2.12. The van der Waals surface area contributed by atoms with Gasteiger partial charge in [-0.1, -0.05) is 25.5 Å². The van der Waals surface area contributed by atoms with Crippen LogP contribution < -0.4 is 5.32 Å². The number of thiophene rings is 1. The summed E-state index contributed by atoms with van der Waals surface area (Å²) in [6, 6.07) is 11.0. The molecular formula is C16H19N3S. The summed E-state index contributed by atoms with van der Waals surface area (Å²) < 4.78 is 1.93. The molecule has 3 heterocycles. The lowest BCUT2D eigenvalue weighted by atomic mass is 10.1. The van der Waals surface area contributed by atoms with Gasteiger partial charge in [0.05, 0.1) is 11.7 Å². The first-order valence-electron chi connectivity index (χ1n) is 7.06. The Kier molecular flexibility index (Phi) is 4.14. The molecule has 3 nitrogen and oxygen atoms in total. The maximum absolute atomic E-state index is 4.38. The van der Waals surface area contributed by atoms with Crippen molar-refractivity contribution in [3.05, 3.63) is 58.5 Å². The summed E-state index contributed by atoms with van der Waals surface area (Å²) in [4.78, 5) is 1.42. The van der Waals surface area contributed by atoms with Crippen LogP contribution in [0.4, 0.5) is 0 Å². The van der Waals surface area contributed by atoms with E-state index in [0.29, 0.717) is 6.04 Å². The van der Waals surface area contributed by atoms with E-state index in [-0.39, 0.29) is 0 Å². The van der Waals surface area contributed by atoms with Gasteiger partial charge in [-0.15, -0.1) is 11.3 Å². The standard InChI is InChI=1S/C16H19N3S/c1-2-6-14(16-8-5-10-20-16)17-11-13-12-18-19-9-4-3-7-15(13)19/h3-5,7-10,12,14,17H,2,6,11H2,1H3. The van der Waals surface area contributed by atoms with Crippen LogP contribution >= 0.6 is 11.3 Å². The second-order valence-electron chi connectivity index (χ2n) is 4.94. The van der Waals surface area contributed by atoms with Crippen molar-refractivity contribution in [3.8, 4) is 0 Å². The Morgan fingerprint density at radius 1 is 1.30 bits per heavy atom. The molecule has 0 spiro atoms. The highest BCUT2D eigenvalue weighted by molar-refractivity contribution is 7.10. The Hall–Kier alpha value is -1.65. The summed E-state index contributed by atoms with van der Waals surface area (Å²) in [5, 5.41) is 10.2. The molecule has 3 rings (SSSR count). The molecular weight excluding hydrogens is 266 g/mol. The average Bonchev–Trinajstić information content (AvgIpc) is 3.13. The Bertz CT molecular complexity index is 657. The van der Waals surface area contributed by atoms with Crippen molar-refractivity contribution in [1.82, 2.24) is 14.9 Å². The van der Waals surface area contributed by atoms with Crippen LogP contribution in [0.1, 0.15) is 36.2 Å². The zero-order valence-corrected chi connectivity index (χ0v) is 12.4. The van der Waals surface area contributed by atoms with E-state index in [4.69, 9.17) is 0 Å². The fraction of sp³-hybridized carbons (Fsp3) is 0.312. The third-order valence-corrected chi connectivity index (χ3v) is 4.50. The normalized spacial score (nSPS) is 12.8. The fourth-order valence-electron chi connectivity index (χ4n) is 2.48. The van der Waals surface area contributed by atoms with Crippen LogP contribution in [0.15, 0.2) is 48.1 Å². The van der Waals surface area contributed by atoms with Crippen LogP contribution in [0.2, 0.25) is 0 Å². The zero-order chi connectivity index (χ0) is 13.8. The average molecular weight is 285 g/mol. The number of hydrogen-bond donors (Lipinski definition) is 1. The van der Waals surface area contributed by atoms with Crippen molar-refractivity contribution < 1.29 is 0 Å². The lowest BCUT2D eigenvalue weighted by Gasteiger charge is -2.16. The van der Waals surface area contributed by atoms with E-state index in [1.807, 2.05) is 34.3 Å². The number of pyridine rings is 1. The minimum absolute atomic E-state index is 0.443. The number of aromatic nitrogens is 2. The van der Waals surface area contributed by atoms with Crippen LogP contribution in [-0.4, -0.2) is 9.61 Å². The Balaban J connectivity index is 1.74. The van der Waals surface area contributed by atoms with Crippen LogP contribution in [0.5, 0.6) is 0 Å². The summed E-state index contributed by atoms with van der Waals surface area (Å²) in [5.74, 6) is 0. The second-order valence-corrected chi connectivity index (χ2v) is 5.92. The number of rotatable bonds is 6. The molecule has 3 aromatic heterocycles. The first-order valence-corrected chi connectivity index (χ1v) is 7.94. The van der Waals surface area contributed by atoms with Gasteiger partial charge in [0, 0.05) is 29.2 Å². The summed E-state index contributed by atoms with van der Waals surface area (Å²) in [6.07, 6.45) is 6.30. The Morgan fingerprint density at radius 3 is 3.05 bits per heavy atom. The van der Waals surface area contributed by atoms with Gasteiger partial charge in [0.25, 0.3) is 0 Å². The summed E-state index contributed by atoms with van der Waals surface area (Å²) in [5.41, 5.74) is 2.43. The van der Waals surface area contributed by atoms with Crippen molar-refractivity contribution >= 4 is 16.9 Å². The number of nitrogens with one attached hydrogen (secondary N) is 1. The van der Waals surface area contributed by atoms with Crippen LogP contribution in [0.25, 0.3) is 5.52 Å². The molecule has 1 atom stereocenters. The molecule has 1 N–H and O–H groups in total. The first-order chi connectivity index (χ1) is 9.88. The van der Waals surface area contributed by atoms with Crippen molar-refractivity contribution in [2.24, 2.45) is 0 Å². The molecule has 0 saturated heterocycles. The predicted octanol–water partition coefficient (Wildman–Crippen LogP) is 4.03. The lowest BCUT2D eigenvalue weighted by molar-refractivity contribution is 0.501. The highest BCUT2D eigenvalue weighted by atomic mass is 32.1. The fourth-order valence-corrected chi connectivity index (χ4v) is 3.32. The molecule has 1 unspecified atom stereocenters. The molecule has 0 saturated carbocycles. The third-order valence-electron chi connectivity index (χ3n) is 3.51. The number of hydrogen-bond acceptors (Lipinski definition) is 3. The molecule has 0 amide bonds. The molecule has 3 aromatic rings. The molecule has 0 bridgehead atoms. The van der Waals surface area contributed by atoms with Crippen LogP contribution in [-0.2, 0) is 6.54 Å². The largest absolute Gasteiger partial charge is 0.305 e. The van der Waals surface area contributed by atoms with E-state index >= 15 is 0 Å². The number of fused-ring (bicyclic) bond motifs is 1. The topological polar surface area (TPSA) is 29.3 Å². The molecule has 0 aliphatic carbocycles. The van der Waals surface area contributed by atoms with Crippen LogP contribution in [0.3, 0.4) is 0 Å². The highest BCUT2D eigenvalue weighted by Crippen LogP contribution is 2.24. The van der Waals surface area contributed by atoms with Gasteiger partial charge in [-0.25, -0.2) is 4.52 Å². The smallest absolute Gasteiger partial charge is 0.0706 e. The monoisotopic (exact) mass is 285 g/mol. The minimum Gasteiger partial charge on any atom is -0.305 e. The quantitative estimate of drug-likeness (QED) is 0.741. The van der Waals surface area contributed by atoms with Crippen molar-refractivity contribution in [1.29, 1.82) is 0 Å². The summed E-state index contributed by atoms with van der Waals surface area (Å²) in [6.45, 7) is 3.09. The molecule has 0 aliphatic rings. The van der Waals surface area contributed by atoms with Gasteiger partial charge < -0.3 is 5.32 Å². The first kappa shape index (κ1) is 13.3. The lowest BCUT2D eigenvalue weighted by Crippen LogP contribution is -2.19. The van der Waals surface area contributed by atoms with Gasteiger partial charge in [0.15, 0.2) is 0 Å². The predicted molar refractivity (Wildman–Crippen MR) is 84.0 cm³/mol. The van der Waals surface area contributed by atoms with E-state index in [1.54, 1.807) is 0 Å². The molecule has 4 heteroatoms. The van der Waals surface area contributed by atoms with Crippen molar-refractivity contribution in [2.75, 3.05) is 0 Å². The molecule has 0 radical (unpaired) electrons. The SMILES string of the molecule is CCCC(NCc1cnn2ccccc12)c1cccs1. The van der Waals surface area contributed by atoms with E-state index in [1.165, 1.54) is 28.8 Å². The number of nitrogens with zero attached hydrogens (tertiary/aromatic N) is 2. The van der Waals surface area contributed by atoms with Gasteiger partial charge in [0.2, 0.25) is 0 Å².